The van der Waals surface area contributed by atoms with Gasteiger partial charge in [-0.15, -0.1) is 11.8 Å². The predicted molar refractivity (Wildman–Crippen MR) is 64.0 cm³/mol. The Balaban J connectivity index is 2.22. The minimum Gasteiger partial charge on any atom is -0.399 e. The minimum absolute atomic E-state index is 0.00157. The maximum Gasteiger partial charge on any atom is 0.213 e. The Morgan fingerprint density at radius 3 is 2.75 bits per heavy atom. The van der Waals surface area contributed by atoms with Crippen molar-refractivity contribution in [2.75, 3.05) is 11.6 Å². The molecule has 0 radical (unpaired) electrons. The van der Waals surface area contributed by atoms with E-state index in [-0.39, 0.29) is 5.25 Å². The summed E-state index contributed by atoms with van der Waals surface area (Å²) in [4.78, 5) is 21.9. The molecule has 2 rings (SSSR count). The van der Waals surface area contributed by atoms with Crippen LogP contribution in [-0.4, -0.2) is 24.0 Å². The van der Waals surface area contributed by atoms with E-state index in [1.807, 2.05) is 12.1 Å². The van der Waals surface area contributed by atoms with Crippen LogP contribution in [0.4, 0.5) is 5.69 Å². The van der Waals surface area contributed by atoms with Gasteiger partial charge in [0.1, 0.15) is 0 Å². The van der Waals surface area contributed by atoms with Crippen molar-refractivity contribution < 1.29 is 9.59 Å². The summed E-state index contributed by atoms with van der Waals surface area (Å²) >= 11 is 1.62. The van der Waals surface area contributed by atoms with Gasteiger partial charge in [-0.3, -0.25) is 14.9 Å². The number of hydrogen-bond donors (Lipinski definition) is 2. The molecule has 0 aromatic heterocycles. The first-order valence-corrected chi connectivity index (χ1v) is 5.96. The summed E-state index contributed by atoms with van der Waals surface area (Å²) in [6.45, 7) is 0. The third-order valence-electron chi connectivity index (χ3n) is 2.56. The zero-order valence-electron chi connectivity index (χ0n) is 8.55. The fourth-order valence-corrected chi connectivity index (χ4v) is 2.96. The lowest BCUT2D eigenvalue weighted by Crippen LogP contribution is -2.35. The third-order valence-corrected chi connectivity index (χ3v) is 3.79. The first-order chi connectivity index (χ1) is 7.72. The highest BCUT2D eigenvalue weighted by Gasteiger charge is 2.33. The standard InChI is InChI=1S/C11H12N2O2S/c12-8-3-1-7(2-4-8)11-10(9(15)5-14)13-6-16-11/h1-5,10-11,13H,6,12H2. The van der Waals surface area contributed by atoms with E-state index in [1.165, 1.54) is 0 Å². The molecule has 1 fully saturated rings. The fourth-order valence-electron chi connectivity index (χ4n) is 1.73. The molecule has 4 nitrogen and oxygen atoms in total. The van der Waals surface area contributed by atoms with Crippen molar-refractivity contribution in [3.8, 4) is 0 Å². The molecule has 3 N–H and O–H groups in total. The lowest BCUT2D eigenvalue weighted by Gasteiger charge is -2.15. The van der Waals surface area contributed by atoms with E-state index in [0.717, 1.165) is 5.56 Å². The average Bonchev–Trinajstić information content (AvgIpc) is 2.78. The number of nitrogens with two attached hydrogens (primary N) is 1. The van der Waals surface area contributed by atoms with E-state index in [1.54, 1.807) is 23.9 Å². The molecule has 84 valence electrons. The third kappa shape index (κ3) is 2.10. The Kier molecular flexibility index (Phi) is 3.26. The molecule has 1 saturated heterocycles. The van der Waals surface area contributed by atoms with Crippen LogP contribution >= 0.6 is 11.8 Å². The fraction of sp³-hybridized carbons (Fsp3) is 0.273. The molecule has 16 heavy (non-hydrogen) atoms. The average molecular weight is 236 g/mol. The highest BCUT2D eigenvalue weighted by Crippen LogP contribution is 2.36. The number of ketones is 1. The van der Waals surface area contributed by atoms with Crippen molar-refractivity contribution in [1.29, 1.82) is 0 Å². The number of anilines is 1. The zero-order valence-corrected chi connectivity index (χ0v) is 9.37. The number of nitrogens with one attached hydrogen (secondary N) is 1. The number of rotatable bonds is 3. The number of benzene rings is 1. The second-order valence-corrected chi connectivity index (χ2v) is 4.73. The van der Waals surface area contributed by atoms with E-state index in [9.17, 15) is 9.59 Å². The van der Waals surface area contributed by atoms with Crippen LogP contribution in [0.5, 0.6) is 0 Å². The van der Waals surface area contributed by atoms with Crippen LogP contribution in [0, 0.1) is 0 Å². The van der Waals surface area contributed by atoms with Crippen LogP contribution in [0.25, 0.3) is 0 Å². The van der Waals surface area contributed by atoms with Gasteiger partial charge in [-0.25, -0.2) is 0 Å². The normalized spacial score (nSPS) is 24.2. The highest BCUT2D eigenvalue weighted by atomic mass is 32.2. The molecule has 1 aromatic carbocycles. The first kappa shape index (κ1) is 11.2. The molecule has 0 bridgehead atoms. The summed E-state index contributed by atoms with van der Waals surface area (Å²) in [5, 5.41) is 3.02. The molecule has 1 heterocycles. The maximum absolute atomic E-state index is 11.4. The van der Waals surface area contributed by atoms with Crippen molar-refractivity contribution in [2.24, 2.45) is 0 Å². The molecule has 1 aromatic rings. The van der Waals surface area contributed by atoms with Crippen LogP contribution in [0.15, 0.2) is 24.3 Å². The minimum atomic E-state index is -0.411. The van der Waals surface area contributed by atoms with Gasteiger partial charge < -0.3 is 5.73 Å². The zero-order chi connectivity index (χ0) is 11.5. The Labute approximate surface area is 97.6 Å². The van der Waals surface area contributed by atoms with Gasteiger partial charge in [0.15, 0.2) is 6.29 Å². The van der Waals surface area contributed by atoms with Crippen LogP contribution in [0.1, 0.15) is 10.8 Å². The van der Waals surface area contributed by atoms with Crippen molar-refractivity contribution in [3.05, 3.63) is 29.8 Å². The van der Waals surface area contributed by atoms with Crippen molar-refractivity contribution in [1.82, 2.24) is 5.32 Å². The molecular weight excluding hydrogens is 224 g/mol. The second kappa shape index (κ2) is 4.67. The molecule has 2 unspecified atom stereocenters. The summed E-state index contributed by atoms with van der Waals surface area (Å²) < 4.78 is 0. The number of Topliss-reactive ketones (excluding diaryl/α,β-unsaturated/α-hetero) is 1. The smallest absolute Gasteiger partial charge is 0.213 e. The molecule has 0 aliphatic carbocycles. The number of thioether (sulfide) groups is 1. The SMILES string of the molecule is Nc1ccc(C2SCNC2C(=O)C=O)cc1. The van der Waals surface area contributed by atoms with Gasteiger partial charge in [0.2, 0.25) is 5.78 Å². The van der Waals surface area contributed by atoms with E-state index in [2.05, 4.69) is 5.32 Å². The second-order valence-electron chi connectivity index (χ2n) is 3.60. The van der Waals surface area contributed by atoms with E-state index in [4.69, 9.17) is 5.73 Å². The summed E-state index contributed by atoms with van der Waals surface area (Å²) in [5.41, 5.74) is 7.31. The Bertz CT molecular complexity index is 405. The molecule has 2 atom stereocenters. The lowest BCUT2D eigenvalue weighted by molar-refractivity contribution is -0.131. The number of carbonyl (C=O) groups excluding carboxylic acids is 2. The summed E-state index contributed by atoms with van der Waals surface area (Å²) in [7, 11) is 0. The quantitative estimate of drug-likeness (QED) is 0.460. The van der Waals surface area contributed by atoms with E-state index in [0.29, 0.717) is 17.9 Å². The summed E-state index contributed by atoms with van der Waals surface area (Å²) in [6, 6.07) is 6.98. The summed E-state index contributed by atoms with van der Waals surface area (Å²) in [5.74, 6) is 0.283. The summed E-state index contributed by atoms with van der Waals surface area (Å²) in [6.07, 6.45) is 0.383. The van der Waals surface area contributed by atoms with Gasteiger partial charge in [0.05, 0.1) is 11.3 Å². The van der Waals surface area contributed by atoms with E-state index < -0.39 is 11.8 Å². The molecule has 1 aliphatic rings. The van der Waals surface area contributed by atoms with E-state index >= 15 is 0 Å². The van der Waals surface area contributed by atoms with Crippen LogP contribution in [0.3, 0.4) is 0 Å². The number of carbonyl (C=O) groups is 2. The predicted octanol–water partition coefficient (Wildman–Crippen LogP) is 0.740. The maximum atomic E-state index is 11.4. The highest BCUT2D eigenvalue weighted by molar-refractivity contribution is 7.99. The number of hydrogen-bond acceptors (Lipinski definition) is 5. The van der Waals surface area contributed by atoms with Gasteiger partial charge in [0.25, 0.3) is 0 Å². The van der Waals surface area contributed by atoms with Crippen LogP contribution in [0.2, 0.25) is 0 Å². The van der Waals surface area contributed by atoms with Gasteiger partial charge >= 0.3 is 0 Å². The van der Waals surface area contributed by atoms with Gasteiger partial charge in [-0.2, -0.15) is 0 Å². The molecule has 1 aliphatic heterocycles. The molecular formula is C11H12N2O2S. The van der Waals surface area contributed by atoms with Gasteiger partial charge in [0, 0.05) is 11.6 Å². The molecule has 5 heteroatoms. The molecule has 0 spiro atoms. The number of nitrogen functional groups attached to an aromatic ring is 1. The van der Waals surface area contributed by atoms with Crippen molar-refractivity contribution in [3.63, 3.8) is 0 Å². The van der Waals surface area contributed by atoms with Crippen molar-refractivity contribution >= 4 is 29.5 Å². The molecule has 0 amide bonds. The van der Waals surface area contributed by atoms with Crippen LogP contribution in [-0.2, 0) is 9.59 Å². The van der Waals surface area contributed by atoms with Crippen LogP contribution < -0.4 is 11.1 Å². The number of aldehydes is 1. The Morgan fingerprint density at radius 1 is 1.44 bits per heavy atom. The largest absolute Gasteiger partial charge is 0.399 e. The van der Waals surface area contributed by atoms with Crippen molar-refractivity contribution in [2.45, 2.75) is 11.3 Å². The van der Waals surface area contributed by atoms with Gasteiger partial charge in [-0.1, -0.05) is 12.1 Å². The lowest BCUT2D eigenvalue weighted by atomic mass is 10.0. The topological polar surface area (TPSA) is 72.2 Å². The Hall–Kier alpha value is -1.33. The monoisotopic (exact) mass is 236 g/mol. The first-order valence-electron chi connectivity index (χ1n) is 4.92. The van der Waals surface area contributed by atoms with Gasteiger partial charge in [-0.05, 0) is 17.7 Å². The Morgan fingerprint density at radius 2 is 2.12 bits per heavy atom. The molecule has 0 saturated carbocycles.